The van der Waals surface area contributed by atoms with Gasteiger partial charge < -0.3 is 19.8 Å². The van der Waals surface area contributed by atoms with Crippen molar-refractivity contribution in [1.82, 2.24) is 15.3 Å². The smallest absolute Gasteiger partial charge is 0.323 e. The normalized spacial score (nSPS) is 16.0. The van der Waals surface area contributed by atoms with E-state index in [-0.39, 0.29) is 12.1 Å². The first-order valence-corrected chi connectivity index (χ1v) is 9.98. The zero-order valence-corrected chi connectivity index (χ0v) is 17.3. The highest BCUT2D eigenvalue weighted by molar-refractivity contribution is 5.94. The molecular formula is C22H25N5O3. The molecule has 2 amide bonds. The van der Waals surface area contributed by atoms with Gasteiger partial charge in [0.05, 0.1) is 12.8 Å². The van der Waals surface area contributed by atoms with Gasteiger partial charge in [0.15, 0.2) is 5.76 Å². The van der Waals surface area contributed by atoms with E-state index < -0.39 is 0 Å². The van der Waals surface area contributed by atoms with Crippen molar-refractivity contribution < 1.29 is 13.9 Å². The zero-order chi connectivity index (χ0) is 21.1. The minimum atomic E-state index is -0.144. The maximum absolute atomic E-state index is 12.1. The van der Waals surface area contributed by atoms with Gasteiger partial charge in [0, 0.05) is 36.6 Å². The molecule has 1 atom stereocenters. The second-order valence-electron chi connectivity index (χ2n) is 7.30. The maximum atomic E-state index is 12.1. The summed E-state index contributed by atoms with van der Waals surface area (Å²) in [6.07, 6.45) is 3.32. The number of oxazole rings is 1. The number of carbonyl (C=O) groups is 1. The molecule has 1 aliphatic rings. The van der Waals surface area contributed by atoms with Crippen molar-refractivity contribution in [3.05, 3.63) is 53.9 Å². The number of hydrogen-bond donors (Lipinski definition) is 2. The summed E-state index contributed by atoms with van der Waals surface area (Å²) in [6, 6.07) is 10.1. The molecule has 156 valence electrons. The monoisotopic (exact) mass is 407 g/mol. The topological polar surface area (TPSA) is 92.5 Å². The van der Waals surface area contributed by atoms with Gasteiger partial charge in [-0.1, -0.05) is 12.1 Å². The predicted molar refractivity (Wildman–Crippen MR) is 115 cm³/mol. The molecule has 0 aliphatic carbocycles. The van der Waals surface area contributed by atoms with Crippen molar-refractivity contribution >= 4 is 23.6 Å². The summed E-state index contributed by atoms with van der Waals surface area (Å²) < 4.78 is 11.4. The lowest BCUT2D eigenvalue weighted by Gasteiger charge is -2.13. The first kappa shape index (κ1) is 19.9. The van der Waals surface area contributed by atoms with Crippen LogP contribution >= 0.6 is 0 Å². The van der Waals surface area contributed by atoms with Crippen molar-refractivity contribution in [2.24, 2.45) is 0 Å². The third-order valence-electron chi connectivity index (χ3n) is 4.90. The fourth-order valence-electron chi connectivity index (χ4n) is 3.30. The lowest BCUT2D eigenvalue weighted by Crippen LogP contribution is -2.28. The summed E-state index contributed by atoms with van der Waals surface area (Å²) in [5.41, 5.74) is 3.87. The van der Waals surface area contributed by atoms with E-state index in [0.717, 1.165) is 22.4 Å². The van der Waals surface area contributed by atoms with E-state index in [1.54, 1.807) is 17.3 Å². The first-order valence-electron chi connectivity index (χ1n) is 9.98. The Hall–Kier alpha value is -3.39. The number of urea groups is 1. The van der Waals surface area contributed by atoms with E-state index in [1.165, 1.54) is 0 Å². The molecule has 1 unspecified atom stereocenters. The van der Waals surface area contributed by atoms with Crippen LogP contribution in [0.3, 0.4) is 0 Å². The molecule has 3 aromatic rings. The number of hydrogen-bond acceptors (Lipinski definition) is 6. The molecule has 0 bridgehead atoms. The highest BCUT2D eigenvalue weighted by Crippen LogP contribution is 2.28. The largest absolute Gasteiger partial charge is 0.423 e. The second-order valence-corrected chi connectivity index (χ2v) is 7.30. The molecule has 4 rings (SSSR count). The Balaban J connectivity index is 1.52. The third-order valence-corrected chi connectivity index (χ3v) is 4.90. The zero-order valence-electron chi connectivity index (χ0n) is 17.3. The highest BCUT2D eigenvalue weighted by atomic mass is 16.5. The number of carbonyl (C=O) groups excluding carboxylic acids is 1. The third kappa shape index (κ3) is 4.28. The van der Waals surface area contributed by atoms with E-state index in [2.05, 4.69) is 20.6 Å². The number of pyridine rings is 1. The number of nitrogens with zero attached hydrogens (tertiary/aromatic N) is 3. The van der Waals surface area contributed by atoms with Crippen molar-refractivity contribution in [3.63, 3.8) is 0 Å². The van der Waals surface area contributed by atoms with E-state index in [9.17, 15) is 4.79 Å². The standard InChI is InChI=1S/C22H25N5O3/c1-4-29-13-16-6-5-14(2)18(9-16)26-21-24-11-19(30-21)17-7-8-23-20(10-17)27-12-15(3)25-22(27)28/h5-11,15H,4,12-13H2,1-3H3,(H,24,26)(H,25,28). The summed E-state index contributed by atoms with van der Waals surface area (Å²) in [6.45, 7) is 7.77. The van der Waals surface area contributed by atoms with Crippen LogP contribution in [0.15, 0.2) is 47.1 Å². The van der Waals surface area contributed by atoms with Crippen LogP contribution in [0.1, 0.15) is 25.0 Å². The fraction of sp³-hybridized carbons (Fsp3) is 0.318. The molecule has 1 saturated heterocycles. The van der Waals surface area contributed by atoms with Gasteiger partial charge in [0.1, 0.15) is 5.82 Å². The van der Waals surface area contributed by atoms with E-state index in [4.69, 9.17) is 9.15 Å². The highest BCUT2D eigenvalue weighted by Gasteiger charge is 2.28. The van der Waals surface area contributed by atoms with E-state index in [0.29, 0.717) is 37.4 Å². The maximum Gasteiger partial charge on any atom is 0.323 e. The van der Waals surface area contributed by atoms with Gasteiger partial charge in [-0.2, -0.15) is 0 Å². The molecule has 30 heavy (non-hydrogen) atoms. The van der Waals surface area contributed by atoms with Crippen molar-refractivity contribution in [2.45, 2.75) is 33.4 Å². The summed E-state index contributed by atoms with van der Waals surface area (Å²) >= 11 is 0. The molecule has 8 nitrogen and oxygen atoms in total. The van der Waals surface area contributed by atoms with Gasteiger partial charge in [0.2, 0.25) is 0 Å². The molecule has 0 spiro atoms. The number of benzene rings is 1. The SMILES string of the molecule is CCOCc1ccc(C)c(Nc2ncc(-c3ccnc(N4CC(C)NC4=O)c3)o2)c1. The van der Waals surface area contributed by atoms with Crippen LogP contribution in [0.5, 0.6) is 0 Å². The van der Waals surface area contributed by atoms with E-state index >= 15 is 0 Å². The average Bonchev–Trinajstić information content (AvgIpc) is 3.34. The number of aryl methyl sites for hydroxylation is 1. The molecule has 3 heterocycles. The number of aromatic nitrogens is 2. The predicted octanol–water partition coefficient (Wildman–Crippen LogP) is 4.24. The fourth-order valence-corrected chi connectivity index (χ4v) is 3.30. The van der Waals surface area contributed by atoms with Crippen LogP contribution in [-0.2, 0) is 11.3 Å². The van der Waals surface area contributed by atoms with Gasteiger partial charge in [-0.3, -0.25) is 4.90 Å². The lowest BCUT2D eigenvalue weighted by molar-refractivity contribution is 0.134. The second kappa shape index (κ2) is 8.54. The van der Waals surface area contributed by atoms with Crippen LogP contribution in [0, 0.1) is 6.92 Å². The number of ether oxygens (including phenoxy) is 1. The van der Waals surface area contributed by atoms with Crippen LogP contribution in [0.2, 0.25) is 0 Å². The Kier molecular flexibility index (Phi) is 5.67. The number of rotatable bonds is 7. The van der Waals surface area contributed by atoms with Gasteiger partial charge in [-0.25, -0.2) is 14.8 Å². The van der Waals surface area contributed by atoms with Crippen LogP contribution in [0.4, 0.5) is 22.3 Å². The van der Waals surface area contributed by atoms with Crippen molar-refractivity contribution in [1.29, 1.82) is 0 Å². The van der Waals surface area contributed by atoms with Crippen LogP contribution < -0.4 is 15.5 Å². The molecule has 0 radical (unpaired) electrons. The Morgan fingerprint density at radius 2 is 2.17 bits per heavy atom. The van der Waals surface area contributed by atoms with E-state index in [1.807, 2.05) is 51.1 Å². The summed E-state index contributed by atoms with van der Waals surface area (Å²) in [7, 11) is 0. The Morgan fingerprint density at radius 1 is 1.30 bits per heavy atom. The Bertz CT molecular complexity index is 1050. The Morgan fingerprint density at radius 3 is 2.93 bits per heavy atom. The molecule has 1 aromatic carbocycles. The van der Waals surface area contributed by atoms with Crippen LogP contribution in [0.25, 0.3) is 11.3 Å². The van der Waals surface area contributed by atoms with Crippen LogP contribution in [-0.4, -0.2) is 35.2 Å². The minimum Gasteiger partial charge on any atom is -0.423 e. The summed E-state index contributed by atoms with van der Waals surface area (Å²) in [5, 5.41) is 6.11. The molecule has 8 heteroatoms. The number of anilines is 3. The molecular weight excluding hydrogens is 382 g/mol. The summed E-state index contributed by atoms with van der Waals surface area (Å²) in [5.74, 6) is 1.18. The Labute approximate surface area is 175 Å². The van der Waals surface area contributed by atoms with Gasteiger partial charge in [-0.05, 0) is 50.1 Å². The first-order chi connectivity index (χ1) is 14.5. The lowest BCUT2D eigenvalue weighted by atomic mass is 10.1. The molecule has 1 fully saturated rings. The van der Waals surface area contributed by atoms with Gasteiger partial charge in [-0.15, -0.1) is 0 Å². The molecule has 0 saturated carbocycles. The van der Waals surface area contributed by atoms with Crippen molar-refractivity contribution in [2.75, 3.05) is 23.4 Å². The van der Waals surface area contributed by atoms with Gasteiger partial charge >= 0.3 is 6.03 Å². The molecule has 2 aromatic heterocycles. The molecule has 2 N–H and O–H groups in total. The minimum absolute atomic E-state index is 0.0887. The summed E-state index contributed by atoms with van der Waals surface area (Å²) in [4.78, 5) is 22.4. The number of nitrogens with one attached hydrogen (secondary N) is 2. The quantitative estimate of drug-likeness (QED) is 0.608. The molecule has 1 aliphatic heterocycles. The van der Waals surface area contributed by atoms with Gasteiger partial charge in [0.25, 0.3) is 6.01 Å². The number of amides is 2. The van der Waals surface area contributed by atoms with Crippen molar-refractivity contribution in [3.8, 4) is 11.3 Å². The average molecular weight is 407 g/mol.